The molecule has 2 aromatic carbocycles. The van der Waals surface area contributed by atoms with Crippen molar-refractivity contribution < 1.29 is 4.39 Å². The van der Waals surface area contributed by atoms with E-state index in [0.29, 0.717) is 6.67 Å². The lowest BCUT2D eigenvalue weighted by Gasteiger charge is -2.36. The molecule has 27 heavy (non-hydrogen) atoms. The van der Waals surface area contributed by atoms with Gasteiger partial charge in [0.15, 0.2) is 0 Å². The molecule has 0 saturated carbocycles. The van der Waals surface area contributed by atoms with E-state index in [9.17, 15) is 9.18 Å². The first-order valence-electron chi connectivity index (χ1n) is 9.58. The highest BCUT2D eigenvalue weighted by atomic mass is 19.1. The van der Waals surface area contributed by atoms with Crippen molar-refractivity contribution in [3.05, 3.63) is 64.8 Å². The summed E-state index contributed by atoms with van der Waals surface area (Å²) in [7, 11) is 0. The predicted molar refractivity (Wildman–Crippen MR) is 107 cm³/mol. The second-order valence-electron chi connectivity index (χ2n) is 7.07. The van der Waals surface area contributed by atoms with Crippen LogP contribution in [0.25, 0.3) is 11.0 Å². The molecule has 5 nitrogen and oxygen atoms in total. The molecular weight excluding hydrogens is 343 g/mol. The number of imidazole rings is 1. The minimum absolute atomic E-state index is 0.0685. The summed E-state index contributed by atoms with van der Waals surface area (Å²) in [5.41, 5.74) is 3.12. The van der Waals surface area contributed by atoms with Gasteiger partial charge in [0.25, 0.3) is 0 Å². The summed E-state index contributed by atoms with van der Waals surface area (Å²) in [4.78, 5) is 17.5. The Morgan fingerprint density at radius 3 is 2.15 bits per heavy atom. The molecule has 0 spiro atoms. The summed E-state index contributed by atoms with van der Waals surface area (Å²) < 4.78 is 16.9. The third-order valence-corrected chi connectivity index (χ3v) is 5.28. The lowest BCUT2D eigenvalue weighted by atomic mass is 10.2. The highest BCUT2D eigenvalue weighted by Crippen LogP contribution is 2.18. The van der Waals surface area contributed by atoms with Crippen LogP contribution in [0.5, 0.6) is 0 Å². The van der Waals surface area contributed by atoms with E-state index in [-0.39, 0.29) is 11.5 Å². The van der Waals surface area contributed by atoms with Crippen LogP contribution in [0.1, 0.15) is 13.3 Å². The zero-order chi connectivity index (χ0) is 18.8. The Morgan fingerprint density at radius 1 is 0.889 bits per heavy atom. The van der Waals surface area contributed by atoms with E-state index >= 15 is 0 Å². The van der Waals surface area contributed by atoms with Crippen LogP contribution in [0.4, 0.5) is 10.1 Å². The molecule has 1 saturated heterocycles. The number of halogens is 1. The maximum atomic E-state index is 13.1. The number of nitrogens with zero attached hydrogens (tertiary/aromatic N) is 4. The fourth-order valence-electron chi connectivity index (χ4n) is 3.85. The van der Waals surface area contributed by atoms with Gasteiger partial charge in [0, 0.05) is 38.4 Å². The molecule has 0 amide bonds. The third-order valence-electron chi connectivity index (χ3n) is 5.28. The first kappa shape index (κ1) is 17.8. The van der Waals surface area contributed by atoms with E-state index in [2.05, 4.69) is 16.7 Å². The predicted octanol–water partition coefficient (Wildman–Crippen LogP) is 3.13. The summed E-state index contributed by atoms with van der Waals surface area (Å²) in [5, 5.41) is 0. The molecular formula is C21H25FN4O. The van der Waals surface area contributed by atoms with E-state index in [1.54, 1.807) is 0 Å². The van der Waals surface area contributed by atoms with Gasteiger partial charge >= 0.3 is 5.69 Å². The van der Waals surface area contributed by atoms with Gasteiger partial charge in [0.2, 0.25) is 0 Å². The van der Waals surface area contributed by atoms with Gasteiger partial charge in [-0.15, -0.1) is 0 Å². The van der Waals surface area contributed by atoms with Gasteiger partial charge in [-0.05, 0) is 42.8 Å². The van der Waals surface area contributed by atoms with Crippen LogP contribution < -0.4 is 10.6 Å². The second kappa shape index (κ2) is 7.56. The molecule has 0 unspecified atom stereocenters. The zero-order valence-electron chi connectivity index (χ0n) is 15.6. The van der Waals surface area contributed by atoms with Crippen molar-refractivity contribution in [3.63, 3.8) is 0 Å². The lowest BCUT2D eigenvalue weighted by molar-refractivity contribution is 0.205. The molecule has 3 aromatic rings. The molecule has 0 N–H and O–H groups in total. The number of rotatable bonds is 5. The first-order chi connectivity index (χ1) is 13.2. The van der Waals surface area contributed by atoms with Gasteiger partial charge in [-0.3, -0.25) is 14.0 Å². The third kappa shape index (κ3) is 3.49. The van der Waals surface area contributed by atoms with Crippen LogP contribution in [0.2, 0.25) is 0 Å². The first-order valence-corrected chi connectivity index (χ1v) is 9.58. The van der Waals surface area contributed by atoms with Gasteiger partial charge in [-0.2, -0.15) is 0 Å². The van der Waals surface area contributed by atoms with Crippen LogP contribution in [0, 0.1) is 5.82 Å². The molecule has 1 aromatic heterocycles. The van der Waals surface area contributed by atoms with E-state index in [4.69, 9.17) is 0 Å². The van der Waals surface area contributed by atoms with Crippen molar-refractivity contribution in [2.75, 3.05) is 31.1 Å². The Hall–Kier alpha value is -2.60. The average Bonchev–Trinajstić information content (AvgIpc) is 2.96. The molecule has 0 bridgehead atoms. The standard InChI is InChI=1S/C21H25FN4O/c1-2-11-25-19-5-3-4-6-20(19)26(21(25)27)16-23-12-14-24(15-13-23)18-9-7-17(22)8-10-18/h3-10H,2,11-16H2,1H3. The van der Waals surface area contributed by atoms with E-state index in [1.165, 1.54) is 12.1 Å². The minimum Gasteiger partial charge on any atom is -0.369 e. The SMILES string of the molecule is CCCn1c(=O)n(CN2CCN(c3ccc(F)cc3)CC2)c2ccccc21. The highest BCUT2D eigenvalue weighted by Gasteiger charge is 2.20. The topological polar surface area (TPSA) is 33.4 Å². The Bertz CT molecular complexity index is 968. The highest BCUT2D eigenvalue weighted by molar-refractivity contribution is 5.75. The Morgan fingerprint density at radius 2 is 1.52 bits per heavy atom. The summed E-state index contributed by atoms with van der Waals surface area (Å²) in [6.07, 6.45) is 0.935. The van der Waals surface area contributed by atoms with Gasteiger partial charge in [0.05, 0.1) is 17.7 Å². The van der Waals surface area contributed by atoms with Crippen molar-refractivity contribution in [3.8, 4) is 0 Å². The molecule has 6 heteroatoms. The number of benzene rings is 2. The van der Waals surface area contributed by atoms with Crippen LogP contribution in [-0.2, 0) is 13.2 Å². The fraction of sp³-hybridized carbons (Fsp3) is 0.381. The molecule has 1 fully saturated rings. The van der Waals surface area contributed by atoms with Gasteiger partial charge in [0.1, 0.15) is 5.82 Å². The fourth-order valence-corrected chi connectivity index (χ4v) is 3.85. The van der Waals surface area contributed by atoms with Gasteiger partial charge in [-0.25, -0.2) is 9.18 Å². The number of fused-ring (bicyclic) bond motifs is 1. The van der Waals surface area contributed by atoms with Gasteiger partial charge in [-0.1, -0.05) is 19.1 Å². The normalized spacial score (nSPS) is 15.6. The van der Waals surface area contributed by atoms with Crippen LogP contribution in [0.3, 0.4) is 0 Å². The number of piperazine rings is 1. The number of hydrogen-bond donors (Lipinski definition) is 0. The average molecular weight is 368 g/mol. The summed E-state index contributed by atoms with van der Waals surface area (Å²) in [6, 6.07) is 14.7. The summed E-state index contributed by atoms with van der Waals surface area (Å²) >= 11 is 0. The number of aromatic nitrogens is 2. The van der Waals surface area contributed by atoms with E-state index in [1.807, 2.05) is 45.5 Å². The number of para-hydroxylation sites is 2. The van der Waals surface area contributed by atoms with Crippen molar-refractivity contribution >= 4 is 16.7 Å². The van der Waals surface area contributed by atoms with Crippen molar-refractivity contribution in [1.29, 1.82) is 0 Å². The number of aryl methyl sites for hydroxylation is 1. The van der Waals surface area contributed by atoms with Crippen LogP contribution in [0.15, 0.2) is 53.3 Å². The molecule has 1 aliphatic rings. The smallest absolute Gasteiger partial charge is 0.330 e. The van der Waals surface area contributed by atoms with Crippen LogP contribution >= 0.6 is 0 Å². The molecule has 4 rings (SSSR count). The van der Waals surface area contributed by atoms with Crippen molar-refractivity contribution in [2.24, 2.45) is 0 Å². The Balaban J connectivity index is 1.50. The maximum Gasteiger partial charge on any atom is 0.330 e. The molecule has 0 aliphatic carbocycles. The van der Waals surface area contributed by atoms with Gasteiger partial charge < -0.3 is 4.90 Å². The largest absolute Gasteiger partial charge is 0.369 e. The minimum atomic E-state index is -0.208. The Labute approximate surface area is 158 Å². The molecule has 2 heterocycles. The summed E-state index contributed by atoms with van der Waals surface area (Å²) in [5.74, 6) is -0.208. The van der Waals surface area contributed by atoms with E-state index in [0.717, 1.165) is 55.9 Å². The monoisotopic (exact) mass is 368 g/mol. The molecule has 0 radical (unpaired) electrons. The number of hydrogen-bond acceptors (Lipinski definition) is 3. The molecule has 142 valence electrons. The quantitative estimate of drug-likeness (QED) is 0.694. The van der Waals surface area contributed by atoms with E-state index < -0.39 is 0 Å². The lowest BCUT2D eigenvalue weighted by Crippen LogP contribution is -2.47. The maximum absolute atomic E-state index is 13.1. The Kier molecular flexibility index (Phi) is 4.99. The number of anilines is 1. The van der Waals surface area contributed by atoms with Crippen molar-refractivity contribution in [2.45, 2.75) is 26.6 Å². The molecule has 1 aliphatic heterocycles. The second-order valence-corrected chi connectivity index (χ2v) is 7.07. The summed E-state index contributed by atoms with van der Waals surface area (Å²) in [6.45, 7) is 6.92. The zero-order valence-corrected chi connectivity index (χ0v) is 15.6. The van der Waals surface area contributed by atoms with Crippen LogP contribution in [-0.4, -0.2) is 40.2 Å². The molecule has 0 atom stereocenters. The van der Waals surface area contributed by atoms with Crippen molar-refractivity contribution in [1.82, 2.24) is 14.0 Å².